The van der Waals surface area contributed by atoms with Crippen molar-refractivity contribution < 1.29 is 55.2 Å². The zero-order chi connectivity index (χ0) is 42.5. The van der Waals surface area contributed by atoms with Gasteiger partial charge in [0, 0.05) is 16.3 Å². The second-order valence-electron chi connectivity index (χ2n) is 17.0. The lowest BCUT2D eigenvalue weighted by atomic mass is 9.94. The van der Waals surface area contributed by atoms with Gasteiger partial charge in [0.15, 0.2) is 0 Å². The number of alkyl halides is 2. The summed E-state index contributed by atoms with van der Waals surface area (Å²) in [6.07, 6.45) is 9.54. The molecule has 4 saturated carbocycles. The Kier molecular flexibility index (Phi) is 13.9. The second kappa shape index (κ2) is 18.5. The lowest BCUT2D eigenvalue weighted by Gasteiger charge is -2.29. The molecule has 1 aliphatic heterocycles. The number of carbonyl (C=O) groups excluding carboxylic acids is 3. The van der Waals surface area contributed by atoms with Crippen LogP contribution in [0.2, 0.25) is 0 Å². The van der Waals surface area contributed by atoms with Crippen LogP contribution in [-0.4, -0.2) is 101 Å². The molecule has 18 heteroatoms. The Morgan fingerprint density at radius 3 is 2.31 bits per heavy atom. The summed E-state index contributed by atoms with van der Waals surface area (Å²) < 4.78 is 66.7. The van der Waals surface area contributed by atoms with Gasteiger partial charge in [-0.15, -0.1) is 0 Å². The van der Waals surface area contributed by atoms with E-state index in [1.807, 2.05) is 10.0 Å². The summed E-state index contributed by atoms with van der Waals surface area (Å²) in [4.78, 5) is 63.2. The number of rotatable bonds is 18. The molecule has 0 radical (unpaired) electrons. The van der Waals surface area contributed by atoms with Crippen LogP contribution in [0.5, 0.6) is 11.6 Å². The van der Waals surface area contributed by atoms with E-state index in [9.17, 15) is 41.5 Å². The molecule has 0 spiro atoms. The zero-order valence-corrected chi connectivity index (χ0v) is 35.0. The summed E-state index contributed by atoms with van der Waals surface area (Å²) in [7, 11) is -2.71. The van der Waals surface area contributed by atoms with E-state index in [-0.39, 0.29) is 36.0 Å². The van der Waals surface area contributed by atoms with Crippen molar-refractivity contribution in [1.82, 2.24) is 30.2 Å². The number of hydrogen-bond acceptors (Lipinski definition) is 10. The fraction of sp³-hybridized carbons (Fsp3) is 0.707. The minimum Gasteiger partial charge on any atom is -0.497 e. The average Bonchev–Trinajstić information content (AvgIpc) is 4.17. The maximum atomic E-state index is 14.2. The minimum absolute atomic E-state index is 0. The molecule has 7 rings (SSSR count). The topological polar surface area (TPSA) is 206 Å². The summed E-state index contributed by atoms with van der Waals surface area (Å²) in [5, 5.41) is 13.6. The number of aryl methyl sites for hydroxylation is 1. The molecular formula is C41H64F2N6O9S. The molecule has 332 valence electrons. The molecule has 5 aliphatic rings. The van der Waals surface area contributed by atoms with Crippen LogP contribution in [0, 0.1) is 17.8 Å². The van der Waals surface area contributed by atoms with Gasteiger partial charge in [0.25, 0.3) is 5.91 Å². The number of carboxylic acid groups (broad SMARTS) is 1. The first kappa shape index (κ1) is 44.2. The van der Waals surface area contributed by atoms with E-state index in [4.69, 9.17) is 19.4 Å². The Labute approximate surface area is 348 Å². The molecule has 4 amide bonds. The normalized spacial score (nSPS) is 25.5. The van der Waals surface area contributed by atoms with Gasteiger partial charge < -0.3 is 30.1 Å². The summed E-state index contributed by atoms with van der Waals surface area (Å²) in [6, 6.07) is 3.86. The van der Waals surface area contributed by atoms with Gasteiger partial charge in [-0.2, -0.15) is 0 Å². The maximum Gasteiger partial charge on any atom is 0.405 e. The number of fused-ring (bicyclic) bond motifs is 1. The number of sulfonamides is 1. The van der Waals surface area contributed by atoms with E-state index in [1.165, 1.54) is 65.4 Å². The predicted octanol–water partition coefficient (Wildman–Crippen LogP) is 6.23. The summed E-state index contributed by atoms with van der Waals surface area (Å²) in [6.45, 7) is 2.26. The smallest absolute Gasteiger partial charge is 0.405 e. The van der Waals surface area contributed by atoms with Crippen molar-refractivity contribution in [3.8, 4) is 11.6 Å². The number of nitrogens with zero attached hydrogens (tertiary/aromatic N) is 3. The number of halogens is 2. The Morgan fingerprint density at radius 2 is 1.73 bits per heavy atom. The van der Waals surface area contributed by atoms with E-state index in [0.717, 1.165) is 30.1 Å². The van der Waals surface area contributed by atoms with E-state index in [2.05, 4.69) is 5.32 Å². The number of ether oxygens (including phenoxy) is 2. The molecule has 5 fully saturated rings. The SMILES string of the molecule is C1CCCC1.CC[C@@H]1[C@@H](Oc2nc3cc(OC)ccc3nc2CCCCCC2CC2)CN(C(=O)CNC(=O)O)[C@@H]1C(=O)N[C@]1(C(=O)NS(=O)(=O)C2(C)CC2)C[C@H]1C(F)F.[HH].[HH].[HH]. The van der Waals surface area contributed by atoms with Gasteiger partial charge in [-0.05, 0) is 63.5 Å². The van der Waals surface area contributed by atoms with Crippen LogP contribution in [0.3, 0.4) is 0 Å². The van der Waals surface area contributed by atoms with E-state index < -0.39 is 87.5 Å². The van der Waals surface area contributed by atoms with Crippen LogP contribution < -0.4 is 24.8 Å². The number of likely N-dealkylation sites (tertiary alicyclic amines) is 1. The predicted molar refractivity (Wildman–Crippen MR) is 220 cm³/mol. The van der Waals surface area contributed by atoms with E-state index in [1.54, 1.807) is 25.1 Å². The second-order valence-corrected chi connectivity index (χ2v) is 19.2. The molecule has 0 unspecified atom stereocenters. The molecule has 2 aromatic rings. The molecule has 4 N–H and O–H groups in total. The zero-order valence-electron chi connectivity index (χ0n) is 34.1. The van der Waals surface area contributed by atoms with Crippen LogP contribution in [0.1, 0.15) is 120 Å². The average molecular weight is 855 g/mol. The largest absolute Gasteiger partial charge is 0.497 e. The van der Waals surface area contributed by atoms with Gasteiger partial charge in [0.1, 0.15) is 35.7 Å². The number of aromatic nitrogens is 2. The lowest BCUT2D eigenvalue weighted by molar-refractivity contribution is -0.140. The Balaban J connectivity index is 0.00000119. The van der Waals surface area contributed by atoms with Crippen LogP contribution >= 0.6 is 0 Å². The molecule has 0 bridgehead atoms. The van der Waals surface area contributed by atoms with Crippen molar-refractivity contribution in [3.63, 3.8) is 0 Å². The highest BCUT2D eigenvalue weighted by atomic mass is 32.2. The third-order valence-corrected chi connectivity index (χ3v) is 14.7. The van der Waals surface area contributed by atoms with E-state index in [0.29, 0.717) is 28.9 Å². The number of carbonyl (C=O) groups is 4. The highest BCUT2D eigenvalue weighted by molar-refractivity contribution is 7.91. The highest BCUT2D eigenvalue weighted by Gasteiger charge is 2.67. The molecule has 59 heavy (non-hydrogen) atoms. The maximum absolute atomic E-state index is 14.2. The van der Waals surface area contributed by atoms with Crippen LogP contribution in [-0.2, 0) is 30.8 Å². The number of nitrogens with one attached hydrogen (secondary N) is 3. The number of methoxy groups -OCH3 is 1. The number of hydrogen-bond donors (Lipinski definition) is 4. The fourth-order valence-electron chi connectivity index (χ4n) is 8.24. The number of unbranched alkanes of at least 4 members (excludes halogenated alkanes) is 2. The summed E-state index contributed by atoms with van der Waals surface area (Å²) in [5.41, 5.74) is -0.575. The molecule has 1 aromatic heterocycles. The van der Waals surface area contributed by atoms with Crippen molar-refractivity contribution in [1.29, 1.82) is 0 Å². The first-order valence-corrected chi connectivity index (χ1v) is 22.5. The number of amides is 4. The van der Waals surface area contributed by atoms with Gasteiger partial charge >= 0.3 is 6.09 Å². The Morgan fingerprint density at radius 1 is 1.03 bits per heavy atom. The van der Waals surface area contributed by atoms with E-state index >= 15 is 0 Å². The van der Waals surface area contributed by atoms with Gasteiger partial charge in [0.05, 0.1) is 35.4 Å². The first-order valence-electron chi connectivity index (χ1n) is 21.1. The lowest BCUT2D eigenvalue weighted by Crippen LogP contribution is -2.59. The quantitative estimate of drug-likeness (QED) is 0.124. The van der Waals surface area contributed by atoms with Crippen LogP contribution in [0.4, 0.5) is 13.6 Å². The first-order chi connectivity index (χ1) is 28.1. The molecule has 1 saturated heterocycles. The third kappa shape index (κ3) is 10.5. The molecule has 1 aromatic carbocycles. The molecular weight excluding hydrogens is 791 g/mol. The van der Waals surface area contributed by atoms with Crippen molar-refractivity contribution in [2.24, 2.45) is 17.8 Å². The van der Waals surface area contributed by atoms with Gasteiger partial charge in [0.2, 0.25) is 34.1 Å². The van der Waals surface area contributed by atoms with Crippen molar-refractivity contribution >= 4 is 44.9 Å². The van der Waals surface area contributed by atoms with Crippen LogP contribution in [0.15, 0.2) is 18.2 Å². The van der Waals surface area contributed by atoms with Crippen LogP contribution in [0.25, 0.3) is 11.0 Å². The van der Waals surface area contributed by atoms with Gasteiger partial charge in [-0.1, -0.05) is 71.1 Å². The fourth-order valence-corrected chi connectivity index (χ4v) is 9.55. The minimum atomic E-state index is -4.23. The van der Waals surface area contributed by atoms with Gasteiger partial charge in [-0.3, -0.25) is 19.1 Å². The Bertz CT molecular complexity index is 1990. The monoisotopic (exact) mass is 854 g/mol. The standard InChI is InChI=1S/C36H48F2N6O9S.C5H10.3H2/c1-4-22-27(53-32-25(9-7-5-6-8-20-10-11-20)40-24-13-12-21(52-3)16-26(24)41-32)19-44(28(45)18-39-34(48)49)29(22)31(46)42-36(17-23(36)30(37)38)33(47)43-54(50,51)35(2)14-15-35;1-2-4-5-3-1;;;/h12-13,16,20,22-23,27,29-30,39H,4-11,14-15,17-19H2,1-3H3,(H,42,46)(H,43,47)(H,48,49);1-5H2;3*1H/t22-,23+,27+,29+,36-;;;;/m1..../s1. The molecule has 5 atom stereocenters. The third-order valence-electron chi connectivity index (χ3n) is 12.6. The Hall–Kier alpha value is -4.35. The summed E-state index contributed by atoms with van der Waals surface area (Å²) >= 11 is 0. The van der Waals surface area contributed by atoms with Crippen molar-refractivity contribution in [2.45, 2.75) is 145 Å². The number of benzene rings is 1. The molecule has 15 nitrogen and oxygen atoms in total. The molecule has 2 heterocycles. The summed E-state index contributed by atoms with van der Waals surface area (Å²) in [5.74, 6) is -3.96. The van der Waals surface area contributed by atoms with Gasteiger partial charge in [-0.25, -0.2) is 32.0 Å². The highest BCUT2D eigenvalue weighted by Crippen LogP contribution is 2.49. The molecule has 4 aliphatic carbocycles. The van der Waals surface area contributed by atoms with Crippen molar-refractivity contribution in [2.75, 3.05) is 20.2 Å². The van der Waals surface area contributed by atoms with Crippen molar-refractivity contribution in [3.05, 3.63) is 23.9 Å².